The summed E-state index contributed by atoms with van der Waals surface area (Å²) >= 11 is 0. The van der Waals surface area contributed by atoms with Crippen LogP contribution in [0.4, 0.5) is 11.4 Å². The van der Waals surface area contributed by atoms with Crippen molar-refractivity contribution in [1.82, 2.24) is 0 Å². The molecular weight excluding hydrogens is 258 g/mol. The minimum absolute atomic E-state index is 0.190. The number of benzene rings is 2. The topological polar surface area (TPSA) is 39.1 Å². The van der Waals surface area contributed by atoms with Gasteiger partial charge in [0.25, 0.3) is 0 Å². The molecule has 0 heterocycles. The Kier molecular flexibility index (Phi) is 4.49. The molecule has 21 heavy (non-hydrogen) atoms. The maximum Gasteiger partial charge on any atom is 0.0991 e. The van der Waals surface area contributed by atoms with Gasteiger partial charge in [-0.1, -0.05) is 18.2 Å². The highest BCUT2D eigenvalue weighted by molar-refractivity contribution is 5.62. The maximum atomic E-state index is 8.84. The highest BCUT2D eigenvalue weighted by Gasteiger charge is 2.07. The normalized spacial score (nSPS) is 11.6. The van der Waals surface area contributed by atoms with Gasteiger partial charge in [-0.3, -0.25) is 0 Å². The Morgan fingerprint density at radius 1 is 1.10 bits per heavy atom. The monoisotopic (exact) mass is 279 g/mol. The van der Waals surface area contributed by atoms with E-state index in [1.165, 1.54) is 16.8 Å². The fraction of sp³-hybridized carbons (Fsp3) is 0.278. The second-order valence-electron chi connectivity index (χ2n) is 5.50. The highest BCUT2D eigenvalue weighted by Crippen LogP contribution is 2.25. The lowest BCUT2D eigenvalue weighted by Crippen LogP contribution is -2.12. The van der Waals surface area contributed by atoms with Gasteiger partial charge < -0.3 is 10.2 Å². The third-order valence-corrected chi connectivity index (χ3v) is 3.61. The van der Waals surface area contributed by atoms with E-state index in [1.807, 2.05) is 24.3 Å². The largest absolute Gasteiger partial charge is 0.378 e. The van der Waals surface area contributed by atoms with Crippen LogP contribution in [-0.4, -0.2) is 14.1 Å². The summed E-state index contributed by atoms with van der Waals surface area (Å²) in [6.45, 7) is 4.24. The van der Waals surface area contributed by atoms with Crippen LogP contribution in [0.1, 0.15) is 29.7 Å². The fourth-order valence-electron chi connectivity index (χ4n) is 2.36. The second-order valence-corrected chi connectivity index (χ2v) is 5.50. The first-order valence-corrected chi connectivity index (χ1v) is 7.06. The molecule has 0 aliphatic carbocycles. The lowest BCUT2D eigenvalue weighted by molar-refractivity contribution is 0.884. The number of nitrogens with one attached hydrogen (secondary N) is 1. The molecule has 0 radical (unpaired) electrons. The van der Waals surface area contributed by atoms with Crippen molar-refractivity contribution in [2.24, 2.45) is 0 Å². The van der Waals surface area contributed by atoms with Crippen LogP contribution in [0.15, 0.2) is 42.5 Å². The predicted molar refractivity (Wildman–Crippen MR) is 88.7 cm³/mol. The standard InChI is InChI=1S/C18H21N3/c1-13-5-10-17(11-18(13)21(3)4)20-14(2)16-8-6-15(12-19)7-9-16/h5-11,14,20H,1-4H3. The van der Waals surface area contributed by atoms with E-state index in [9.17, 15) is 0 Å². The molecule has 0 bridgehead atoms. The lowest BCUT2D eigenvalue weighted by Gasteiger charge is -2.20. The van der Waals surface area contributed by atoms with Gasteiger partial charge in [0.05, 0.1) is 11.6 Å². The molecule has 2 rings (SSSR count). The first kappa shape index (κ1) is 14.9. The molecule has 0 saturated carbocycles. The van der Waals surface area contributed by atoms with Crippen LogP contribution in [0.5, 0.6) is 0 Å². The van der Waals surface area contributed by atoms with Crippen molar-refractivity contribution in [2.75, 3.05) is 24.3 Å². The number of hydrogen-bond donors (Lipinski definition) is 1. The van der Waals surface area contributed by atoms with Gasteiger partial charge in [-0.15, -0.1) is 0 Å². The Balaban J connectivity index is 2.17. The Hall–Kier alpha value is -2.47. The summed E-state index contributed by atoms with van der Waals surface area (Å²) in [5.74, 6) is 0. The average molecular weight is 279 g/mol. The summed E-state index contributed by atoms with van der Waals surface area (Å²) in [7, 11) is 4.10. The number of nitrogens with zero attached hydrogens (tertiary/aromatic N) is 2. The minimum Gasteiger partial charge on any atom is -0.378 e. The molecule has 0 amide bonds. The van der Waals surface area contributed by atoms with Gasteiger partial charge in [-0.2, -0.15) is 5.26 Å². The number of anilines is 2. The molecule has 1 atom stereocenters. The van der Waals surface area contributed by atoms with Crippen molar-refractivity contribution in [3.05, 3.63) is 59.2 Å². The molecule has 0 fully saturated rings. The summed E-state index contributed by atoms with van der Waals surface area (Å²) in [5, 5.41) is 12.3. The highest BCUT2D eigenvalue weighted by atomic mass is 15.1. The molecule has 3 nitrogen and oxygen atoms in total. The van der Waals surface area contributed by atoms with E-state index in [-0.39, 0.29) is 6.04 Å². The summed E-state index contributed by atoms with van der Waals surface area (Å²) in [4.78, 5) is 2.12. The molecule has 3 heteroatoms. The third-order valence-electron chi connectivity index (χ3n) is 3.61. The van der Waals surface area contributed by atoms with Gasteiger partial charge in [-0.25, -0.2) is 0 Å². The lowest BCUT2D eigenvalue weighted by atomic mass is 10.1. The van der Waals surface area contributed by atoms with Gasteiger partial charge in [0.2, 0.25) is 0 Å². The summed E-state index contributed by atoms with van der Waals surface area (Å²) in [6.07, 6.45) is 0. The Morgan fingerprint density at radius 3 is 2.33 bits per heavy atom. The van der Waals surface area contributed by atoms with E-state index in [1.54, 1.807) is 0 Å². The van der Waals surface area contributed by atoms with Gasteiger partial charge >= 0.3 is 0 Å². The predicted octanol–water partition coefficient (Wildman–Crippen LogP) is 4.11. The number of rotatable bonds is 4. The van der Waals surface area contributed by atoms with Crippen LogP contribution in [-0.2, 0) is 0 Å². The van der Waals surface area contributed by atoms with E-state index in [4.69, 9.17) is 5.26 Å². The Bertz CT molecular complexity index is 651. The van der Waals surface area contributed by atoms with Gasteiger partial charge in [0, 0.05) is 31.5 Å². The van der Waals surface area contributed by atoms with Crippen LogP contribution in [0.2, 0.25) is 0 Å². The maximum absolute atomic E-state index is 8.84. The molecule has 2 aromatic rings. The van der Waals surface area contributed by atoms with Crippen molar-refractivity contribution in [3.8, 4) is 6.07 Å². The minimum atomic E-state index is 0.190. The van der Waals surface area contributed by atoms with Crippen LogP contribution < -0.4 is 10.2 Å². The molecule has 0 aliphatic heterocycles. The Labute approximate surface area is 126 Å². The smallest absolute Gasteiger partial charge is 0.0991 e. The second kappa shape index (κ2) is 6.32. The molecule has 108 valence electrons. The van der Waals surface area contributed by atoms with Gasteiger partial charge in [0.1, 0.15) is 0 Å². The van der Waals surface area contributed by atoms with Crippen LogP contribution in [0.25, 0.3) is 0 Å². The third kappa shape index (κ3) is 3.55. The molecule has 2 aromatic carbocycles. The van der Waals surface area contributed by atoms with Crippen LogP contribution >= 0.6 is 0 Å². The molecule has 1 unspecified atom stereocenters. The van der Waals surface area contributed by atoms with Crippen molar-refractivity contribution in [3.63, 3.8) is 0 Å². The van der Waals surface area contributed by atoms with Crippen molar-refractivity contribution in [1.29, 1.82) is 5.26 Å². The molecular formula is C18H21N3. The molecule has 1 N–H and O–H groups in total. The zero-order valence-electron chi connectivity index (χ0n) is 13.0. The zero-order valence-corrected chi connectivity index (χ0v) is 13.0. The van der Waals surface area contributed by atoms with Gasteiger partial charge in [0.15, 0.2) is 0 Å². The summed E-state index contributed by atoms with van der Waals surface area (Å²) in [5.41, 5.74) is 5.43. The van der Waals surface area contributed by atoms with E-state index in [2.05, 4.69) is 62.4 Å². The summed E-state index contributed by atoms with van der Waals surface area (Å²) < 4.78 is 0. The number of hydrogen-bond acceptors (Lipinski definition) is 3. The van der Waals surface area contributed by atoms with E-state index in [0.29, 0.717) is 5.56 Å². The van der Waals surface area contributed by atoms with E-state index >= 15 is 0 Å². The summed E-state index contributed by atoms with van der Waals surface area (Å²) in [6, 6.07) is 16.4. The quantitative estimate of drug-likeness (QED) is 0.915. The fourth-order valence-corrected chi connectivity index (χ4v) is 2.36. The Morgan fingerprint density at radius 2 is 1.76 bits per heavy atom. The number of aryl methyl sites for hydroxylation is 1. The SMILES string of the molecule is Cc1ccc(NC(C)c2ccc(C#N)cc2)cc1N(C)C. The molecule has 0 aliphatic rings. The van der Waals surface area contributed by atoms with Crippen molar-refractivity contribution in [2.45, 2.75) is 19.9 Å². The van der Waals surface area contributed by atoms with Gasteiger partial charge in [-0.05, 0) is 49.2 Å². The number of nitriles is 1. The van der Waals surface area contributed by atoms with E-state index < -0.39 is 0 Å². The molecule has 0 aromatic heterocycles. The molecule has 0 saturated heterocycles. The first-order chi connectivity index (χ1) is 10.0. The van der Waals surface area contributed by atoms with E-state index in [0.717, 1.165) is 5.69 Å². The van der Waals surface area contributed by atoms with Crippen molar-refractivity contribution < 1.29 is 0 Å². The zero-order chi connectivity index (χ0) is 15.4. The van der Waals surface area contributed by atoms with Crippen molar-refractivity contribution >= 4 is 11.4 Å². The van der Waals surface area contributed by atoms with Crippen LogP contribution in [0, 0.1) is 18.3 Å². The average Bonchev–Trinajstić information content (AvgIpc) is 2.49. The first-order valence-electron chi connectivity index (χ1n) is 7.06. The molecule has 0 spiro atoms. The van der Waals surface area contributed by atoms with Crippen LogP contribution in [0.3, 0.4) is 0 Å².